The number of methoxy groups -OCH3 is 1. The quantitative estimate of drug-likeness (QED) is 0.595. The molecular formula is C12H14O. The van der Waals surface area contributed by atoms with Gasteiger partial charge in [0.05, 0.1) is 7.11 Å². The first kappa shape index (κ1) is 9.67. The van der Waals surface area contributed by atoms with Gasteiger partial charge in [0.1, 0.15) is 5.75 Å². The van der Waals surface area contributed by atoms with Crippen LogP contribution in [0.5, 0.6) is 5.75 Å². The fourth-order valence-corrected chi connectivity index (χ4v) is 0.928. The maximum atomic E-state index is 5.09. The van der Waals surface area contributed by atoms with Gasteiger partial charge >= 0.3 is 0 Å². The molecular weight excluding hydrogens is 160 g/mol. The first-order chi connectivity index (χ1) is 6.22. The fraction of sp³-hybridized carbons (Fsp3) is 0.333. The van der Waals surface area contributed by atoms with E-state index in [0.29, 0.717) is 5.92 Å². The van der Waals surface area contributed by atoms with E-state index in [4.69, 9.17) is 4.74 Å². The van der Waals surface area contributed by atoms with E-state index in [-0.39, 0.29) is 0 Å². The second kappa shape index (κ2) is 4.57. The topological polar surface area (TPSA) is 9.23 Å². The molecule has 0 aromatic heterocycles. The van der Waals surface area contributed by atoms with Crippen LogP contribution in [-0.2, 0) is 0 Å². The predicted octanol–water partition coefficient (Wildman–Crippen LogP) is 2.70. The number of hydrogen-bond donors (Lipinski definition) is 0. The van der Waals surface area contributed by atoms with Crippen molar-refractivity contribution in [2.45, 2.75) is 13.8 Å². The minimum absolute atomic E-state index is 0.409. The lowest BCUT2D eigenvalue weighted by atomic mass is 10.2. The first-order valence-corrected chi connectivity index (χ1v) is 4.38. The Kier molecular flexibility index (Phi) is 3.40. The van der Waals surface area contributed by atoms with E-state index >= 15 is 0 Å². The van der Waals surface area contributed by atoms with Crippen molar-refractivity contribution in [1.82, 2.24) is 0 Å². The molecule has 0 aliphatic carbocycles. The summed E-state index contributed by atoms with van der Waals surface area (Å²) in [6.45, 7) is 4.15. The third-order valence-corrected chi connectivity index (χ3v) is 1.57. The van der Waals surface area contributed by atoms with E-state index in [9.17, 15) is 0 Å². The molecule has 1 nitrogen and oxygen atoms in total. The van der Waals surface area contributed by atoms with Crippen molar-refractivity contribution in [2.24, 2.45) is 5.92 Å². The average Bonchev–Trinajstić information content (AvgIpc) is 2.15. The summed E-state index contributed by atoms with van der Waals surface area (Å²) in [6.07, 6.45) is 0. The summed E-state index contributed by atoms with van der Waals surface area (Å²) in [6, 6.07) is 7.79. The molecule has 0 spiro atoms. The highest BCUT2D eigenvalue weighted by Crippen LogP contribution is 2.11. The number of ether oxygens (including phenoxy) is 1. The van der Waals surface area contributed by atoms with Crippen molar-refractivity contribution in [2.75, 3.05) is 7.11 Å². The van der Waals surface area contributed by atoms with E-state index in [1.54, 1.807) is 7.11 Å². The molecule has 0 bridgehead atoms. The van der Waals surface area contributed by atoms with Gasteiger partial charge in [0.25, 0.3) is 0 Å². The van der Waals surface area contributed by atoms with Crippen LogP contribution in [0.25, 0.3) is 0 Å². The normalized spacial score (nSPS) is 9.23. The van der Waals surface area contributed by atoms with Crippen LogP contribution in [0.1, 0.15) is 19.4 Å². The van der Waals surface area contributed by atoms with Crippen LogP contribution in [0, 0.1) is 17.8 Å². The summed E-state index contributed by atoms with van der Waals surface area (Å²) in [5.74, 6) is 7.46. The molecule has 68 valence electrons. The van der Waals surface area contributed by atoms with Gasteiger partial charge in [-0.1, -0.05) is 31.8 Å². The van der Waals surface area contributed by atoms with Crippen LogP contribution in [0.2, 0.25) is 0 Å². The van der Waals surface area contributed by atoms with E-state index < -0.39 is 0 Å². The van der Waals surface area contributed by atoms with Crippen LogP contribution in [0.4, 0.5) is 0 Å². The minimum atomic E-state index is 0.409. The Balaban J connectivity index is 2.85. The van der Waals surface area contributed by atoms with Crippen molar-refractivity contribution in [3.63, 3.8) is 0 Å². The van der Waals surface area contributed by atoms with E-state index in [0.717, 1.165) is 11.3 Å². The molecule has 0 radical (unpaired) electrons. The molecule has 0 heterocycles. The van der Waals surface area contributed by atoms with Gasteiger partial charge in [-0.05, 0) is 18.2 Å². The number of rotatable bonds is 1. The molecule has 0 saturated heterocycles. The van der Waals surface area contributed by atoms with E-state index in [1.165, 1.54) is 0 Å². The predicted molar refractivity (Wildman–Crippen MR) is 54.7 cm³/mol. The summed E-state index contributed by atoms with van der Waals surface area (Å²) < 4.78 is 5.09. The lowest BCUT2D eigenvalue weighted by molar-refractivity contribution is 0.414. The van der Waals surface area contributed by atoms with Gasteiger partial charge in [0.2, 0.25) is 0 Å². The zero-order valence-corrected chi connectivity index (χ0v) is 8.29. The van der Waals surface area contributed by atoms with Crippen molar-refractivity contribution >= 4 is 0 Å². The Bertz CT molecular complexity index is 328. The van der Waals surface area contributed by atoms with Gasteiger partial charge in [0.15, 0.2) is 0 Å². The summed E-state index contributed by atoms with van der Waals surface area (Å²) in [4.78, 5) is 0. The maximum Gasteiger partial charge on any atom is 0.120 e. The zero-order chi connectivity index (χ0) is 9.68. The summed E-state index contributed by atoms with van der Waals surface area (Å²) in [5.41, 5.74) is 1.01. The Labute approximate surface area is 79.7 Å². The summed E-state index contributed by atoms with van der Waals surface area (Å²) in [5, 5.41) is 0. The maximum absolute atomic E-state index is 5.09. The molecule has 0 aliphatic heterocycles. The molecule has 1 aromatic rings. The molecule has 1 aromatic carbocycles. The Morgan fingerprint density at radius 3 is 2.69 bits per heavy atom. The minimum Gasteiger partial charge on any atom is -0.497 e. The van der Waals surface area contributed by atoms with Gasteiger partial charge in [-0.3, -0.25) is 0 Å². The van der Waals surface area contributed by atoms with Crippen molar-refractivity contribution in [1.29, 1.82) is 0 Å². The Morgan fingerprint density at radius 1 is 1.31 bits per heavy atom. The third-order valence-electron chi connectivity index (χ3n) is 1.57. The van der Waals surface area contributed by atoms with E-state index in [2.05, 4.69) is 25.7 Å². The Hall–Kier alpha value is -1.42. The molecule has 0 saturated carbocycles. The molecule has 0 unspecified atom stereocenters. The molecule has 0 atom stereocenters. The van der Waals surface area contributed by atoms with Crippen molar-refractivity contribution < 1.29 is 4.74 Å². The molecule has 0 aliphatic rings. The highest BCUT2D eigenvalue weighted by molar-refractivity contribution is 5.39. The molecule has 0 N–H and O–H groups in total. The van der Waals surface area contributed by atoms with E-state index in [1.807, 2.05) is 24.3 Å². The first-order valence-electron chi connectivity index (χ1n) is 4.38. The SMILES string of the molecule is COc1cccc(C#CC(C)C)c1. The largest absolute Gasteiger partial charge is 0.497 e. The molecule has 1 heteroatoms. The van der Waals surface area contributed by atoms with Gasteiger partial charge in [-0.25, -0.2) is 0 Å². The second-order valence-electron chi connectivity index (χ2n) is 3.16. The van der Waals surface area contributed by atoms with Crippen LogP contribution in [0.15, 0.2) is 24.3 Å². The lowest BCUT2D eigenvalue weighted by Crippen LogP contribution is -1.84. The molecule has 0 fully saturated rings. The molecule has 0 amide bonds. The van der Waals surface area contributed by atoms with Crippen LogP contribution in [0.3, 0.4) is 0 Å². The van der Waals surface area contributed by atoms with Gasteiger partial charge in [-0.15, -0.1) is 0 Å². The number of benzene rings is 1. The van der Waals surface area contributed by atoms with Gasteiger partial charge in [-0.2, -0.15) is 0 Å². The van der Waals surface area contributed by atoms with Crippen LogP contribution < -0.4 is 4.74 Å². The lowest BCUT2D eigenvalue weighted by Gasteiger charge is -1.98. The van der Waals surface area contributed by atoms with Gasteiger partial charge in [0, 0.05) is 11.5 Å². The fourth-order valence-electron chi connectivity index (χ4n) is 0.928. The highest BCUT2D eigenvalue weighted by Gasteiger charge is 1.91. The monoisotopic (exact) mass is 174 g/mol. The Morgan fingerprint density at radius 2 is 2.08 bits per heavy atom. The highest BCUT2D eigenvalue weighted by atomic mass is 16.5. The zero-order valence-electron chi connectivity index (χ0n) is 8.29. The van der Waals surface area contributed by atoms with Crippen molar-refractivity contribution in [3.8, 4) is 17.6 Å². The smallest absolute Gasteiger partial charge is 0.120 e. The number of hydrogen-bond acceptors (Lipinski definition) is 1. The van der Waals surface area contributed by atoms with Crippen molar-refractivity contribution in [3.05, 3.63) is 29.8 Å². The molecule has 1 rings (SSSR count). The third kappa shape index (κ3) is 3.21. The summed E-state index contributed by atoms with van der Waals surface area (Å²) >= 11 is 0. The molecule has 13 heavy (non-hydrogen) atoms. The van der Waals surface area contributed by atoms with Crippen LogP contribution >= 0.6 is 0 Å². The van der Waals surface area contributed by atoms with Crippen LogP contribution in [-0.4, -0.2) is 7.11 Å². The second-order valence-corrected chi connectivity index (χ2v) is 3.16. The average molecular weight is 174 g/mol. The summed E-state index contributed by atoms with van der Waals surface area (Å²) in [7, 11) is 1.66. The van der Waals surface area contributed by atoms with Gasteiger partial charge < -0.3 is 4.74 Å². The standard InChI is InChI=1S/C12H14O/c1-10(2)7-8-11-5-4-6-12(9-11)13-3/h4-6,9-10H,1-3H3.